The Bertz CT molecular complexity index is 1200. The number of nitrogens with zero attached hydrogens (tertiary/aromatic N) is 3. The molecule has 2 fully saturated rings. The molecule has 5 rings (SSSR count). The number of fused-ring (bicyclic) bond motifs is 3. The molecule has 35 heavy (non-hydrogen) atoms. The molecule has 1 atom stereocenters. The average molecular weight is 497 g/mol. The monoisotopic (exact) mass is 496 g/mol. The first kappa shape index (κ1) is 23.8. The first-order valence-corrected chi connectivity index (χ1v) is 13.9. The zero-order valence-electron chi connectivity index (χ0n) is 19.9. The molecule has 0 spiro atoms. The van der Waals surface area contributed by atoms with Gasteiger partial charge in [0.25, 0.3) is 0 Å². The van der Waals surface area contributed by atoms with Crippen LogP contribution in [0.3, 0.4) is 0 Å². The van der Waals surface area contributed by atoms with Gasteiger partial charge in [0.15, 0.2) is 0 Å². The molecule has 0 bridgehead atoms. The maximum Gasteiger partial charge on any atom is 0.250 e. The van der Waals surface area contributed by atoms with E-state index in [0.29, 0.717) is 31.7 Å². The molecule has 8 nitrogen and oxygen atoms in total. The van der Waals surface area contributed by atoms with Gasteiger partial charge < -0.3 is 10.2 Å². The minimum absolute atomic E-state index is 0.127. The summed E-state index contributed by atoms with van der Waals surface area (Å²) in [6.45, 7) is 2.12. The van der Waals surface area contributed by atoms with E-state index in [1.54, 1.807) is 12.1 Å². The fourth-order valence-corrected chi connectivity index (χ4v) is 6.87. The summed E-state index contributed by atoms with van der Waals surface area (Å²) in [6.07, 6.45) is 5.09. The van der Waals surface area contributed by atoms with Crippen molar-refractivity contribution in [1.82, 2.24) is 9.62 Å². The second-order valence-corrected chi connectivity index (χ2v) is 11.4. The van der Waals surface area contributed by atoms with Gasteiger partial charge in [-0.3, -0.25) is 14.5 Å². The van der Waals surface area contributed by atoms with Crippen molar-refractivity contribution < 1.29 is 18.0 Å². The van der Waals surface area contributed by atoms with E-state index in [-0.39, 0.29) is 29.3 Å². The molecule has 3 heterocycles. The summed E-state index contributed by atoms with van der Waals surface area (Å²) in [4.78, 5) is 30.1. The highest BCUT2D eigenvalue weighted by atomic mass is 32.2. The SMILES string of the molecule is O=C(CN1C(=O)[C@H]2CCCCN2c2ccc(S(=O)(=O)N3CCCC3)cc21)NCCc1ccccc1. The summed E-state index contributed by atoms with van der Waals surface area (Å²) < 4.78 is 27.9. The largest absolute Gasteiger partial charge is 0.358 e. The Kier molecular flexibility index (Phi) is 6.80. The first-order valence-electron chi connectivity index (χ1n) is 12.5. The van der Waals surface area contributed by atoms with Gasteiger partial charge in [0.2, 0.25) is 21.8 Å². The number of hydrogen-bond acceptors (Lipinski definition) is 5. The summed E-state index contributed by atoms with van der Waals surface area (Å²) in [5, 5.41) is 2.92. The van der Waals surface area contributed by atoms with Crippen molar-refractivity contribution in [3.8, 4) is 0 Å². The number of carbonyl (C=O) groups excluding carboxylic acids is 2. The lowest BCUT2D eigenvalue weighted by Gasteiger charge is -2.45. The van der Waals surface area contributed by atoms with Crippen LogP contribution in [0, 0.1) is 0 Å². The van der Waals surface area contributed by atoms with Crippen LogP contribution in [0.15, 0.2) is 53.4 Å². The zero-order valence-corrected chi connectivity index (χ0v) is 20.7. The van der Waals surface area contributed by atoms with Crippen LogP contribution in [0.5, 0.6) is 0 Å². The minimum Gasteiger partial charge on any atom is -0.358 e. The maximum atomic E-state index is 13.5. The number of hydrogen-bond donors (Lipinski definition) is 1. The lowest BCUT2D eigenvalue weighted by Crippen LogP contribution is -2.57. The number of anilines is 2. The maximum absolute atomic E-state index is 13.5. The molecule has 2 amide bonds. The molecule has 186 valence electrons. The Morgan fingerprint density at radius 2 is 1.69 bits per heavy atom. The first-order chi connectivity index (χ1) is 16.9. The fraction of sp³-hybridized carbons (Fsp3) is 0.462. The molecular formula is C26H32N4O4S. The van der Waals surface area contributed by atoms with E-state index < -0.39 is 10.0 Å². The lowest BCUT2D eigenvalue weighted by atomic mass is 9.96. The Morgan fingerprint density at radius 1 is 0.943 bits per heavy atom. The van der Waals surface area contributed by atoms with Crippen LogP contribution < -0.4 is 15.1 Å². The number of piperidine rings is 1. The zero-order chi connectivity index (χ0) is 24.4. The van der Waals surface area contributed by atoms with Crippen molar-refractivity contribution >= 4 is 33.2 Å². The third kappa shape index (κ3) is 4.79. The normalized spacial score (nSPS) is 20.5. The van der Waals surface area contributed by atoms with Crippen LogP contribution in [0.25, 0.3) is 0 Å². The molecule has 1 N–H and O–H groups in total. The van der Waals surface area contributed by atoms with Gasteiger partial charge >= 0.3 is 0 Å². The highest BCUT2D eigenvalue weighted by molar-refractivity contribution is 7.89. The van der Waals surface area contributed by atoms with Crippen molar-refractivity contribution in [3.05, 3.63) is 54.1 Å². The topological polar surface area (TPSA) is 90.0 Å². The van der Waals surface area contributed by atoms with E-state index in [1.165, 1.54) is 9.21 Å². The quantitative estimate of drug-likeness (QED) is 0.636. The standard InChI is InChI=1S/C26H32N4O4S/c31-25(27-14-13-20-8-2-1-3-9-20)19-30-24-18-21(35(33,34)28-15-6-7-16-28)11-12-22(24)29-17-5-4-10-23(29)26(30)32/h1-3,8-9,11-12,18,23H,4-7,10,13-17,19H2,(H,27,31)/t23-/m1/s1. The summed E-state index contributed by atoms with van der Waals surface area (Å²) in [5.41, 5.74) is 2.46. The minimum atomic E-state index is -3.64. The second-order valence-electron chi connectivity index (χ2n) is 9.48. The van der Waals surface area contributed by atoms with Crippen LogP contribution in [0.1, 0.15) is 37.7 Å². The van der Waals surface area contributed by atoms with E-state index in [9.17, 15) is 18.0 Å². The molecule has 3 aliphatic rings. The number of nitrogens with one attached hydrogen (secondary N) is 1. The van der Waals surface area contributed by atoms with E-state index in [4.69, 9.17) is 0 Å². The molecule has 2 aromatic carbocycles. The van der Waals surface area contributed by atoms with Gasteiger partial charge in [-0.2, -0.15) is 4.31 Å². The Morgan fingerprint density at radius 3 is 2.46 bits per heavy atom. The Hall–Kier alpha value is -2.91. The third-order valence-electron chi connectivity index (χ3n) is 7.18. The second kappa shape index (κ2) is 9.99. The molecule has 0 radical (unpaired) electrons. The Labute approximate surface area is 206 Å². The van der Waals surface area contributed by atoms with Crippen molar-refractivity contribution in [3.63, 3.8) is 0 Å². The van der Waals surface area contributed by atoms with Crippen LogP contribution in [0.4, 0.5) is 11.4 Å². The van der Waals surface area contributed by atoms with Crippen LogP contribution >= 0.6 is 0 Å². The number of rotatable bonds is 7. The van der Waals surface area contributed by atoms with Crippen molar-refractivity contribution in [2.45, 2.75) is 49.5 Å². The van der Waals surface area contributed by atoms with Gasteiger partial charge in [-0.1, -0.05) is 30.3 Å². The number of benzene rings is 2. The smallest absolute Gasteiger partial charge is 0.250 e. The fourth-order valence-electron chi connectivity index (χ4n) is 5.33. The van der Waals surface area contributed by atoms with Crippen LogP contribution in [-0.2, 0) is 26.0 Å². The molecule has 0 aliphatic carbocycles. The van der Waals surface area contributed by atoms with Crippen molar-refractivity contribution in [2.24, 2.45) is 0 Å². The summed E-state index contributed by atoms with van der Waals surface area (Å²) in [5.74, 6) is -0.386. The van der Waals surface area contributed by atoms with Gasteiger partial charge in [0.1, 0.15) is 12.6 Å². The predicted molar refractivity (Wildman–Crippen MR) is 135 cm³/mol. The van der Waals surface area contributed by atoms with E-state index in [1.807, 2.05) is 36.4 Å². The predicted octanol–water partition coefficient (Wildman–Crippen LogP) is 2.54. The van der Waals surface area contributed by atoms with E-state index in [0.717, 1.165) is 49.9 Å². The van der Waals surface area contributed by atoms with Gasteiger partial charge in [-0.25, -0.2) is 8.42 Å². The average Bonchev–Trinajstić information content (AvgIpc) is 3.43. The molecule has 2 saturated heterocycles. The van der Waals surface area contributed by atoms with Gasteiger partial charge in [0, 0.05) is 26.2 Å². The molecule has 0 saturated carbocycles. The molecule has 0 aromatic heterocycles. The van der Waals surface area contributed by atoms with Crippen LogP contribution in [-0.4, -0.2) is 63.3 Å². The number of sulfonamides is 1. The van der Waals surface area contributed by atoms with Gasteiger partial charge in [-0.05, 0) is 62.3 Å². The van der Waals surface area contributed by atoms with Gasteiger partial charge in [-0.15, -0.1) is 0 Å². The molecule has 9 heteroatoms. The van der Waals surface area contributed by atoms with E-state index in [2.05, 4.69) is 10.2 Å². The highest BCUT2D eigenvalue weighted by Gasteiger charge is 2.41. The lowest BCUT2D eigenvalue weighted by molar-refractivity contribution is -0.124. The van der Waals surface area contributed by atoms with Crippen LogP contribution in [0.2, 0.25) is 0 Å². The molecule has 0 unspecified atom stereocenters. The van der Waals surface area contributed by atoms with Crippen molar-refractivity contribution in [1.29, 1.82) is 0 Å². The number of amides is 2. The summed E-state index contributed by atoms with van der Waals surface area (Å²) in [6, 6.07) is 14.6. The summed E-state index contributed by atoms with van der Waals surface area (Å²) in [7, 11) is -3.64. The molecule has 2 aromatic rings. The third-order valence-corrected chi connectivity index (χ3v) is 9.08. The molecule has 3 aliphatic heterocycles. The Balaban J connectivity index is 1.39. The van der Waals surface area contributed by atoms with Gasteiger partial charge in [0.05, 0.1) is 16.3 Å². The molecular weight excluding hydrogens is 464 g/mol. The van der Waals surface area contributed by atoms with Crippen molar-refractivity contribution in [2.75, 3.05) is 42.5 Å². The number of carbonyl (C=O) groups is 2. The van der Waals surface area contributed by atoms with E-state index >= 15 is 0 Å². The summed E-state index contributed by atoms with van der Waals surface area (Å²) >= 11 is 0. The highest BCUT2D eigenvalue weighted by Crippen LogP contribution is 2.41.